The molecule has 0 aliphatic heterocycles. The van der Waals surface area contributed by atoms with Gasteiger partial charge >= 0.3 is 5.97 Å². The maximum Gasteiger partial charge on any atom is 0.341 e. The number of nitrogens with one attached hydrogen (secondary N) is 1. The predicted molar refractivity (Wildman–Crippen MR) is 141 cm³/mol. The van der Waals surface area contributed by atoms with Crippen LogP contribution >= 0.6 is 23.1 Å². The molecule has 0 bridgehead atoms. The molecular formula is C26H32N4O3S2. The average Bonchev–Trinajstić information content (AvgIpc) is 3.47. The number of hydrogen-bond acceptors (Lipinski definition) is 7. The molecule has 0 atom stereocenters. The second-order valence-electron chi connectivity index (χ2n) is 8.63. The maximum absolute atomic E-state index is 12.9. The van der Waals surface area contributed by atoms with Crippen LogP contribution in [0.15, 0.2) is 40.9 Å². The lowest BCUT2D eigenvalue weighted by Gasteiger charge is -2.21. The summed E-state index contributed by atoms with van der Waals surface area (Å²) < 4.78 is 7.41. The SMILES string of the molecule is CCOC(=O)c1c(-c2ccccc2)csc1NC(=O)CSc1nnc(CC2CCCCC2)n1CC. The van der Waals surface area contributed by atoms with Crippen molar-refractivity contribution in [1.29, 1.82) is 0 Å². The van der Waals surface area contributed by atoms with Crippen LogP contribution in [0.25, 0.3) is 11.1 Å². The van der Waals surface area contributed by atoms with Crippen molar-refractivity contribution in [1.82, 2.24) is 14.8 Å². The number of benzene rings is 1. The van der Waals surface area contributed by atoms with Gasteiger partial charge in [-0.3, -0.25) is 4.79 Å². The third kappa shape index (κ3) is 6.32. The van der Waals surface area contributed by atoms with E-state index < -0.39 is 5.97 Å². The molecule has 1 fully saturated rings. The highest BCUT2D eigenvalue weighted by atomic mass is 32.2. The fourth-order valence-electron chi connectivity index (χ4n) is 4.52. The van der Waals surface area contributed by atoms with Gasteiger partial charge in [-0.25, -0.2) is 4.79 Å². The third-order valence-electron chi connectivity index (χ3n) is 6.25. The van der Waals surface area contributed by atoms with E-state index in [1.165, 1.54) is 55.2 Å². The number of thiophene rings is 1. The summed E-state index contributed by atoms with van der Waals surface area (Å²) in [5.41, 5.74) is 2.06. The van der Waals surface area contributed by atoms with E-state index in [2.05, 4.69) is 27.0 Å². The van der Waals surface area contributed by atoms with E-state index in [9.17, 15) is 9.59 Å². The molecule has 1 N–H and O–H groups in total. The Balaban J connectivity index is 1.43. The molecule has 1 aromatic carbocycles. The number of esters is 1. The van der Waals surface area contributed by atoms with Crippen LogP contribution in [0.2, 0.25) is 0 Å². The van der Waals surface area contributed by atoms with E-state index >= 15 is 0 Å². The lowest BCUT2D eigenvalue weighted by atomic mass is 9.87. The number of aromatic nitrogens is 3. The van der Waals surface area contributed by atoms with Gasteiger partial charge in [-0.1, -0.05) is 74.2 Å². The normalized spacial score (nSPS) is 14.1. The van der Waals surface area contributed by atoms with Gasteiger partial charge < -0.3 is 14.6 Å². The Bertz CT molecular complexity index is 1140. The summed E-state index contributed by atoms with van der Waals surface area (Å²) in [6, 6.07) is 9.64. The number of hydrogen-bond donors (Lipinski definition) is 1. The first-order valence-corrected chi connectivity index (χ1v) is 14.2. The van der Waals surface area contributed by atoms with Crippen LogP contribution < -0.4 is 5.32 Å². The van der Waals surface area contributed by atoms with E-state index in [4.69, 9.17) is 4.74 Å². The second-order valence-corrected chi connectivity index (χ2v) is 10.5. The Morgan fingerprint density at radius 3 is 2.63 bits per heavy atom. The molecule has 35 heavy (non-hydrogen) atoms. The van der Waals surface area contributed by atoms with E-state index in [1.807, 2.05) is 35.7 Å². The number of carbonyl (C=O) groups is 2. The number of nitrogens with zero attached hydrogens (tertiary/aromatic N) is 3. The van der Waals surface area contributed by atoms with Gasteiger partial charge in [-0.2, -0.15) is 0 Å². The molecule has 2 heterocycles. The highest BCUT2D eigenvalue weighted by Gasteiger charge is 2.23. The zero-order valence-electron chi connectivity index (χ0n) is 20.3. The minimum atomic E-state index is -0.436. The molecule has 0 radical (unpaired) electrons. The van der Waals surface area contributed by atoms with Gasteiger partial charge in [0.2, 0.25) is 5.91 Å². The summed E-state index contributed by atoms with van der Waals surface area (Å²) >= 11 is 2.71. The summed E-state index contributed by atoms with van der Waals surface area (Å²) in [6.07, 6.45) is 7.41. The topological polar surface area (TPSA) is 86.1 Å². The number of ether oxygens (including phenoxy) is 1. The van der Waals surface area contributed by atoms with Crippen molar-refractivity contribution in [3.63, 3.8) is 0 Å². The maximum atomic E-state index is 12.9. The minimum absolute atomic E-state index is 0.183. The monoisotopic (exact) mass is 512 g/mol. The lowest BCUT2D eigenvalue weighted by molar-refractivity contribution is -0.113. The molecule has 1 aliphatic carbocycles. The first-order valence-electron chi connectivity index (χ1n) is 12.3. The molecule has 1 aliphatic rings. The van der Waals surface area contributed by atoms with Crippen molar-refractivity contribution >= 4 is 40.0 Å². The van der Waals surface area contributed by atoms with Crippen molar-refractivity contribution in [2.45, 2.75) is 64.1 Å². The Morgan fingerprint density at radius 1 is 1.14 bits per heavy atom. The molecule has 0 saturated heterocycles. The number of rotatable bonds is 10. The van der Waals surface area contributed by atoms with Crippen LogP contribution in [0.4, 0.5) is 5.00 Å². The molecule has 1 amide bonds. The fraction of sp³-hybridized carbons (Fsp3) is 0.462. The Hall–Kier alpha value is -2.65. The van der Waals surface area contributed by atoms with Crippen LogP contribution in [-0.2, 0) is 22.5 Å². The van der Waals surface area contributed by atoms with E-state index in [0.717, 1.165) is 35.1 Å². The first-order chi connectivity index (χ1) is 17.1. The van der Waals surface area contributed by atoms with Gasteiger partial charge in [0, 0.05) is 23.9 Å². The van der Waals surface area contributed by atoms with E-state index in [1.54, 1.807) is 6.92 Å². The predicted octanol–water partition coefficient (Wildman–Crippen LogP) is 6.06. The molecule has 9 heteroatoms. The highest BCUT2D eigenvalue weighted by molar-refractivity contribution is 7.99. The van der Waals surface area contributed by atoms with E-state index in [-0.39, 0.29) is 18.3 Å². The van der Waals surface area contributed by atoms with E-state index in [0.29, 0.717) is 16.5 Å². The quantitative estimate of drug-likeness (QED) is 0.263. The average molecular weight is 513 g/mol. The van der Waals surface area contributed by atoms with Crippen molar-refractivity contribution in [2.24, 2.45) is 5.92 Å². The minimum Gasteiger partial charge on any atom is -0.462 e. The van der Waals surface area contributed by atoms with Crippen LogP contribution in [0.3, 0.4) is 0 Å². The van der Waals surface area contributed by atoms with Gasteiger partial charge in [0.25, 0.3) is 0 Å². The number of amides is 1. The first kappa shape index (κ1) is 25.4. The molecule has 3 aromatic rings. The summed E-state index contributed by atoms with van der Waals surface area (Å²) in [5.74, 6) is 1.24. The molecule has 0 unspecified atom stereocenters. The smallest absolute Gasteiger partial charge is 0.341 e. The van der Waals surface area contributed by atoms with Crippen LogP contribution in [0, 0.1) is 5.92 Å². The second kappa shape index (κ2) is 12.4. The summed E-state index contributed by atoms with van der Waals surface area (Å²) in [6.45, 7) is 4.90. The van der Waals surface area contributed by atoms with Gasteiger partial charge in [0.05, 0.1) is 12.4 Å². The standard InChI is InChI=1S/C26H32N4O3S2/c1-3-30-21(15-18-11-7-5-8-12-18)28-29-26(30)35-17-22(31)27-24-23(25(32)33-4-2)20(16-34-24)19-13-9-6-10-14-19/h6,9-10,13-14,16,18H,3-5,7-8,11-12,15,17H2,1-2H3,(H,27,31). The largest absolute Gasteiger partial charge is 0.462 e. The lowest BCUT2D eigenvalue weighted by Crippen LogP contribution is -2.17. The Morgan fingerprint density at radius 2 is 1.91 bits per heavy atom. The van der Waals surface area contributed by atoms with Crippen molar-refractivity contribution in [3.05, 3.63) is 47.1 Å². The summed E-state index contributed by atoms with van der Waals surface area (Å²) in [5, 5.41) is 14.9. The van der Waals surface area contributed by atoms with Gasteiger partial charge in [0.1, 0.15) is 16.4 Å². The summed E-state index contributed by atoms with van der Waals surface area (Å²) in [4.78, 5) is 25.6. The van der Waals surface area contributed by atoms with Crippen LogP contribution in [0.5, 0.6) is 0 Å². The molecule has 1 saturated carbocycles. The molecule has 186 valence electrons. The Labute approximate surface area is 214 Å². The van der Waals surface area contributed by atoms with Crippen LogP contribution in [-0.4, -0.2) is 39.0 Å². The molecule has 2 aromatic heterocycles. The molecular weight excluding hydrogens is 480 g/mol. The zero-order valence-corrected chi connectivity index (χ0v) is 21.9. The molecule has 4 rings (SSSR count). The zero-order chi connectivity index (χ0) is 24.6. The van der Waals surface area contributed by atoms with Gasteiger partial charge in [-0.05, 0) is 25.3 Å². The van der Waals surface area contributed by atoms with Crippen molar-refractivity contribution in [3.8, 4) is 11.1 Å². The molecule has 0 spiro atoms. The number of carbonyl (C=O) groups excluding carboxylic acids is 2. The summed E-state index contributed by atoms with van der Waals surface area (Å²) in [7, 11) is 0. The van der Waals surface area contributed by atoms with Crippen molar-refractivity contribution < 1.29 is 14.3 Å². The number of thioether (sulfide) groups is 1. The highest BCUT2D eigenvalue weighted by Crippen LogP contribution is 2.36. The number of anilines is 1. The third-order valence-corrected chi connectivity index (χ3v) is 8.11. The van der Waals surface area contributed by atoms with Gasteiger partial charge in [0.15, 0.2) is 5.16 Å². The molecule has 7 nitrogen and oxygen atoms in total. The fourth-order valence-corrected chi connectivity index (χ4v) is 6.32. The van der Waals surface area contributed by atoms with Gasteiger partial charge in [-0.15, -0.1) is 21.5 Å². The van der Waals surface area contributed by atoms with Crippen LogP contribution in [0.1, 0.15) is 62.1 Å². The van der Waals surface area contributed by atoms with Crippen molar-refractivity contribution in [2.75, 3.05) is 17.7 Å². The Kier molecular flexibility index (Phi) is 8.98.